The molecule has 0 bridgehead atoms. The van der Waals surface area contributed by atoms with E-state index in [0.29, 0.717) is 6.54 Å². The van der Waals surface area contributed by atoms with Crippen LogP contribution in [-0.4, -0.2) is 45.8 Å². The van der Waals surface area contributed by atoms with Crippen LogP contribution in [0, 0.1) is 0 Å². The Bertz CT molecular complexity index is 1430. The Balaban J connectivity index is 0.00000124. The van der Waals surface area contributed by atoms with E-state index in [1.165, 1.54) is 5.69 Å². The topological polar surface area (TPSA) is 84.4 Å². The summed E-state index contributed by atoms with van der Waals surface area (Å²) in [6, 6.07) is 16.8. The Labute approximate surface area is 205 Å². The number of fused-ring (bicyclic) bond motifs is 2. The van der Waals surface area contributed by atoms with E-state index in [1.807, 2.05) is 61.3 Å². The molecule has 7 heteroatoms. The highest BCUT2D eigenvalue weighted by Crippen LogP contribution is 2.32. The van der Waals surface area contributed by atoms with E-state index in [1.54, 1.807) is 0 Å². The third kappa shape index (κ3) is 4.36. The summed E-state index contributed by atoms with van der Waals surface area (Å²) in [4.78, 5) is 11.8. The van der Waals surface area contributed by atoms with Crippen molar-refractivity contribution in [3.8, 4) is 22.3 Å². The third-order valence-corrected chi connectivity index (χ3v) is 6.40. The molecule has 0 aliphatic carbocycles. The van der Waals surface area contributed by atoms with Crippen LogP contribution in [0.1, 0.15) is 19.4 Å². The maximum absolute atomic E-state index is 5.92. The number of piperazine rings is 1. The van der Waals surface area contributed by atoms with E-state index in [-0.39, 0.29) is 0 Å². The van der Waals surface area contributed by atoms with Crippen molar-refractivity contribution in [2.75, 3.05) is 31.1 Å². The van der Waals surface area contributed by atoms with Gasteiger partial charge in [-0.15, -0.1) is 0 Å². The number of hydrogen-bond acceptors (Lipinski definition) is 6. The van der Waals surface area contributed by atoms with Crippen LogP contribution in [0.4, 0.5) is 5.69 Å². The van der Waals surface area contributed by atoms with Crippen LogP contribution in [0.5, 0.6) is 0 Å². The van der Waals surface area contributed by atoms with Crippen LogP contribution < -0.4 is 16.0 Å². The molecule has 1 fully saturated rings. The fourth-order valence-electron chi connectivity index (χ4n) is 4.64. The Hall–Kier alpha value is -3.81. The molecule has 3 N–H and O–H groups in total. The average Bonchev–Trinajstić information content (AvgIpc) is 3.37. The van der Waals surface area contributed by atoms with Crippen molar-refractivity contribution in [3.05, 3.63) is 78.9 Å². The normalized spacial score (nSPS) is 13.6. The van der Waals surface area contributed by atoms with Crippen LogP contribution in [-0.2, 0) is 6.54 Å². The Morgan fingerprint density at radius 2 is 1.69 bits per heavy atom. The summed E-state index contributed by atoms with van der Waals surface area (Å²) >= 11 is 0. The van der Waals surface area contributed by atoms with Gasteiger partial charge in [0.25, 0.3) is 0 Å². The molecule has 4 heterocycles. The van der Waals surface area contributed by atoms with E-state index >= 15 is 0 Å². The van der Waals surface area contributed by atoms with Crippen LogP contribution in [0.2, 0.25) is 0 Å². The minimum atomic E-state index is 0.456. The molecule has 6 rings (SSSR count). The molecule has 178 valence electrons. The molecule has 0 amide bonds. The van der Waals surface area contributed by atoms with Crippen LogP contribution in [0.25, 0.3) is 38.8 Å². The zero-order valence-electron chi connectivity index (χ0n) is 20.3. The fraction of sp³-hybridized carbons (Fsp3) is 0.250. The van der Waals surface area contributed by atoms with Gasteiger partial charge in [-0.25, -0.2) is 9.50 Å². The first-order valence-corrected chi connectivity index (χ1v) is 12.3. The highest BCUT2D eigenvalue weighted by molar-refractivity contribution is 5.98. The molecule has 1 aliphatic rings. The first-order chi connectivity index (χ1) is 17.3. The second-order valence-electron chi connectivity index (χ2n) is 8.33. The second-order valence-corrected chi connectivity index (χ2v) is 8.33. The van der Waals surface area contributed by atoms with Gasteiger partial charge in [0.1, 0.15) is 0 Å². The zero-order valence-corrected chi connectivity index (χ0v) is 20.3. The molecule has 1 aliphatic heterocycles. The summed E-state index contributed by atoms with van der Waals surface area (Å²) in [5.74, 6) is 0. The number of nitrogens with zero attached hydrogens (tertiary/aromatic N) is 5. The lowest BCUT2D eigenvalue weighted by Crippen LogP contribution is -2.43. The van der Waals surface area contributed by atoms with Gasteiger partial charge in [-0.3, -0.25) is 4.98 Å². The summed E-state index contributed by atoms with van der Waals surface area (Å²) in [7, 11) is 0. The SMILES string of the molecule is CC.NCc1cccc2c(-c3cnn4cc(-c5ccc(N6CCNCC6)cc5)cnc34)ccnc12. The van der Waals surface area contributed by atoms with Gasteiger partial charge in [-0.05, 0) is 34.9 Å². The quantitative estimate of drug-likeness (QED) is 0.406. The molecule has 0 radical (unpaired) electrons. The van der Waals surface area contributed by atoms with Gasteiger partial charge >= 0.3 is 0 Å². The van der Waals surface area contributed by atoms with Gasteiger partial charge in [0.15, 0.2) is 5.65 Å². The first-order valence-electron chi connectivity index (χ1n) is 12.3. The van der Waals surface area contributed by atoms with E-state index in [2.05, 4.69) is 50.6 Å². The number of hydrogen-bond donors (Lipinski definition) is 2. The van der Waals surface area contributed by atoms with Crippen LogP contribution >= 0.6 is 0 Å². The first kappa shape index (κ1) is 23.0. The molecule has 1 saturated heterocycles. The molecular weight excluding hydrogens is 434 g/mol. The number of aromatic nitrogens is 4. The molecule has 35 heavy (non-hydrogen) atoms. The van der Waals surface area contributed by atoms with Gasteiger partial charge < -0.3 is 16.0 Å². The van der Waals surface area contributed by atoms with E-state index < -0.39 is 0 Å². The predicted molar refractivity (Wildman–Crippen MR) is 143 cm³/mol. The Morgan fingerprint density at radius 3 is 2.46 bits per heavy atom. The lowest BCUT2D eigenvalue weighted by molar-refractivity contribution is 0.589. The van der Waals surface area contributed by atoms with Gasteiger partial charge in [-0.1, -0.05) is 44.2 Å². The number of para-hydroxylation sites is 1. The standard InChI is InChI=1S/C26H25N7.C2H6/c27-14-19-2-1-3-23-22(8-9-29-25(19)23)24-16-31-33-17-20(15-30-26(24)33)18-4-6-21(7-5-18)32-12-10-28-11-13-32;1-2/h1-9,15-17,28H,10-14,27H2;1-2H3. The van der Waals surface area contributed by atoms with Crippen molar-refractivity contribution in [1.29, 1.82) is 0 Å². The number of benzene rings is 2. The number of nitrogens with two attached hydrogens (primary N) is 1. The Kier molecular flexibility index (Phi) is 6.70. The molecule has 5 aromatic rings. The third-order valence-electron chi connectivity index (χ3n) is 6.40. The molecule has 0 atom stereocenters. The van der Waals surface area contributed by atoms with Crippen molar-refractivity contribution >= 4 is 22.2 Å². The highest BCUT2D eigenvalue weighted by atomic mass is 15.2. The number of pyridine rings is 1. The van der Waals surface area contributed by atoms with Crippen molar-refractivity contribution in [2.45, 2.75) is 20.4 Å². The van der Waals surface area contributed by atoms with Crippen molar-refractivity contribution in [3.63, 3.8) is 0 Å². The minimum absolute atomic E-state index is 0.456. The van der Waals surface area contributed by atoms with Gasteiger partial charge in [0.2, 0.25) is 0 Å². The molecule has 0 saturated carbocycles. The maximum atomic E-state index is 5.92. The van der Waals surface area contributed by atoms with Gasteiger partial charge in [0, 0.05) is 73.5 Å². The van der Waals surface area contributed by atoms with Gasteiger partial charge in [-0.2, -0.15) is 5.10 Å². The van der Waals surface area contributed by atoms with Crippen LogP contribution in [0.15, 0.2) is 73.3 Å². The summed E-state index contributed by atoms with van der Waals surface area (Å²) in [5, 5.41) is 9.07. The number of anilines is 1. The van der Waals surface area contributed by atoms with E-state index in [0.717, 1.165) is 70.5 Å². The summed E-state index contributed by atoms with van der Waals surface area (Å²) in [6.45, 7) is 8.60. The molecule has 0 unspecified atom stereocenters. The van der Waals surface area contributed by atoms with Gasteiger partial charge in [0.05, 0.1) is 11.7 Å². The predicted octanol–water partition coefficient (Wildman–Crippen LogP) is 4.51. The maximum Gasteiger partial charge on any atom is 0.162 e. The molecule has 2 aromatic carbocycles. The minimum Gasteiger partial charge on any atom is -0.369 e. The van der Waals surface area contributed by atoms with Crippen molar-refractivity contribution in [1.82, 2.24) is 24.9 Å². The van der Waals surface area contributed by atoms with Crippen molar-refractivity contribution < 1.29 is 0 Å². The fourth-order valence-corrected chi connectivity index (χ4v) is 4.64. The number of nitrogens with one attached hydrogen (secondary N) is 1. The van der Waals surface area contributed by atoms with Crippen molar-refractivity contribution in [2.24, 2.45) is 5.73 Å². The molecule has 7 nitrogen and oxygen atoms in total. The zero-order chi connectivity index (χ0) is 24.2. The molecule has 0 spiro atoms. The lowest BCUT2D eigenvalue weighted by Gasteiger charge is -2.29. The molecule has 3 aromatic heterocycles. The largest absolute Gasteiger partial charge is 0.369 e. The second kappa shape index (κ2) is 10.2. The summed E-state index contributed by atoms with van der Waals surface area (Å²) < 4.78 is 1.86. The summed E-state index contributed by atoms with van der Waals surface area (Å²) in [5.41, 5.74) is 14.2. The lowest BCUT2D eigenvalue weighted by atomic mass is 10.0. The number of rotatable bonds is 4. The highest BCUT2D eigenvalue weighted by Gasteiger charge is 2.14. The smallest absolute Gasteiger partial charge is 0.162 e. The Morgan fingerprint density at radius 1 is 0.886 bits per heavy atom. The summed E-state index contributed by atoms with van der Waals surface area (Å²) in [6.07, 6.45) is 7.67. The molecular formula is C28H31N7. The average molecular weight is 466 g/mol. The van der Waals surface area contributed by atoms with Crippen LogP contribution in [0.3, 0.4) is 0 Å². The van der Waals surface area contributed by atoms with E-state index in [4.69, 9.17) is 10.7 Å². The monoisotopic (exact) mass is 465 g/mol. The van der Waals surface area contributed by atoms with E-state index in [9.17, 15) is 0 Å².